The molecule has 3 aliphatic rings. The number of aliphatic hydroxyl groups is 2. The fraction of sp³-hybridized carbons (Fsp3) is 0.750. The molecule has 0 spiro atoms. The van der Waals surface area contributed by atoms with E-state index in [-0.39, 0.29) is 11.3 Å². The Hall–Kier alpha value is -1.40. The van der Waals surface area contributed by atoms with E-state index in [4.69, 9.17) is 0 Å². The normalized spacial score (nSPS) is 36.2. The standard InChI is InChI=1S/C16H23N3O3/c20-13-5-11-7-19(8-12(11)6-14(13)21)15(22)16(1-2-16)9-18-4-3-17-10-18/h3-4,10-14,20-21H,1-2,5-9H2. The van der Waals surface area contributed by atoms with E-state index in [1.54, 1.807) is 12.5 Å². The van der Waals surface area contributed by atoms with Crippen molar-refractivity contribution in [2.45, 2.75) is 44.4 Å². The molecule has 22 heavy (non-hydrogen) atoms. The number of nitrogens with zero attached hydrogens (tertiary/aromatic N) is 3. The third-order valence-electron chi connectivity index (χ3n) is 5.75. The lowest BCUT2D eigenvalue weighted by Crippen LogP contribution is -2.38. The van der Waals surface area contributed by atoms with Gasteiger partial charge >= 0.3 is 0 Å². The maximum Gasteiger partial charge on any atom is 0.230 e. The number of hydrogen-bond acceptors (Lipinski definition) is 4. The smallest absolute Gasteiger partial charge is 0.230 e. The summed E-state index contributed by atoms with van der Waals surface area (Å²) in [4.78, 5) is 19.0. The molecule has 6 heteroatoms. The molecule has 1 saturated heterocycles. The van der Waals surface area contributed by atoms with Gasteiger partial charge in [0.2, 0.25) is 5.91 Å². The highest BCUT2D eigenvalue weighted by Crippen LogP contribution is 2.50. The fourth-order valence-corrected chi connectivity index (χ4v) is 4.23. The first-order valence-corrected chi connectivity index (χ1v) is 8.19. The van der Waals surface area contributed by atoms with Crippen LogP contribution < -0.4 is 0 Å². The maximum absolute atomic E-state index is 12.9. The van der Waals surface area contributed by atoms with E-state index >= 15 is 0 Å². The van der Waals surface area contributed by atoms with Crippen molar-refractivity contribution in [1.82, 2.24) is 14.5 Å². The van der Waals surface area contributed by atoms with Gasteiger partial charge in [-0.05, 0) is 37.5 Å². The van der Waals surface area contributed by atoms with Crippen LogP contribution in [0.4, 0.5) is 0 Å². The number of fused-ring (bicyclic) bond motifs is 1. The highest BCUT2D eigenvalue weighted by molar-refractivity contribution is 5.85. The van der Waals surface area contributed by atoms with Crippen LogP contribution >= 0.6 is 0 Å². The molecule has 2 aliphatic carbocycles. The predicted octanol–water partition coefficient (Wildman–Crippen LogP) is 0.253. The molecule has 2 N–H and O–H groups in total. The quantitative estimate of drug-likeness (QED) is 0.839. The molecule has 1 amide bonds. The van der Waals surface area contributed by atoms with Gasteiger partial charge in [-0.2, -0.15) is 0 Å². The number of carbonyl (C=O) groups is 1. The van der Waals surface area contributed by atoms with Crippen LogP contribution in [0.5, 0.6) is 0 Å². The first-order chi connectivity index (χ1) is 10.6. The fourth-order valence-electron chi connectivity index (χ4n) is 4.23. The molecule has 2 saturated carbocycles. The average molecular weight is 305 g/mol. The molecular weight excluding hydrogens is 282 g/mol. The van der Waals surface area contributed by atoms with Gasteiger partial charge in [-0.1, -0.05) is 0 Å². The number of amides is 1. The number of carbonyl (C=O) groups excluding carboxylic acids is 1. The molecule has 3 fully saturated rings. The summed E-state index contributed by atoms with van der Waals surface area (Å²) in [6.07, 6.45) is 7.28. The topological polar surface area (TPSA) is 78.6 Å². The Morgan fingerprint density at radius 3 is 2.32 bits per heavy atom. The Morgan fingerprint density at radius 2 is 1.82 bits per heavy atom. The molecular formula is C16H23N3O3. The van der Waals surface area contributed by atoms with E-state index in [9.17, 15) is 15.0 Å². The number of aliphatic hydroxyl groups excluding tert-OH is 2. The summed E-state index contributed by atoms with van der Waals surface area (Å²) in [5.41, 5.74) is -0.245. The molecule has 1 aromatic heterocycles. The molecule has 1 aromatic rings. The highest BCUT2D eigenvalue weighted by Gasteiger charge is 2.54. The maximum atomic E-state index is 12.9. The third kappa shape index (κ3) is 2.34. The Morgan fingerprint density at radius 1 is 1.18 bits per heavy atom. The minimum atomic E-state index is -0.628. The molecule has 2 heterocycles. The van der Waals surface area contributed by atoms with Gasteiger partial charge in [0.25, 0.3) is 0 Å². The van der Waals surface area contributed by atoms with Crippen LogP contribution in [-0.2, 0) is 11.3 Å². The number of likely N-dealkylation sites (tertiary alicyclic amines) is 1. The molecule has 0 bridgehead atoms. The van der Waals surface area contributed by atoms with Gasteiger partial charge in [0.05, 0.1) is 24.0 Å². The zero-order chi connectivity index (χ0) is 15.3. The minimum absolute atomic E-state index is 0.245. The monoisotopic (exact) mass is 305 g/mol. The van der Waals surface area contributed by atoms with Crippen LogP contribution in [0.15, 0.2) is 18.7 Å². The van der Waals surface area contributed by atoms with Gasteiger partial charge in [-0.15, -0.1) is 0 Å². The Labute approximate surface area is 129 Å². The zero-order valence-corrected chi connectivity index (χ0v) is 12.6. The van der Waals surface area contributed by atoms with Gasteiger partial charge in [0, 0.05) is 32.0 Å². The van der Waals surface area contributed by atoms with Crippen molar-refractivity contribution in [3.63, 3.8) is 0 Å². The van der Waals surface area contributed by atoms with Crippen molar-refractivity contribution in [3.8, 4) is 0 Å². The van der Waals surface area contributed by atoms with Crippen LogP contribution in [0.1, 0.15) is 25.7 Å². The summed E-state index contributed by atoms with van der Waals surface area (Å²) in [6, 6.07) is 0. The number of imidazole rings is 1. The second kappa shape index (κ2) is 5.06. The third-order valence-corrected chi connectivity index (χ3v) is 5.75. The van der Waals surface area contributed by atoms with E-state index in [1.807, 2.05) is 15.7 Å². The highest BCUT2D eigenvalue weighted by atomic mass is 16.3. The second-order valence-electron chi connectivity index (χ2n) is 7.35. The molecule has 4 unspecified atom stereocenters. The van der Waals surface area contributed by atoms with E-state index in [0.717, 1.165) is 25.9 Å². The van der Waals surface area contributed by atoms with Gasteiger partial charge in [0.15, 0.2) is 0 Å². The SMILES string of the molecule is O=C(N1CC2CC(O)C(O)CC2C1)C1(Cn2ccnc2)CC1. The van der Waals surface area contributed by atoms with Crippen LogP contribution in [0.25, 0.3) is 0 Å². The van der Waals surface area contributed by atoms with Gasteiger partial charge in [-0.3, -0.25) is 4.79 Å². The van der Waals surface area contributed by atoms with Crippen LogP contribution in [0.3, 0.4) is 0 Å². The second-order valence-corrected chi connectivity index (χ2v) is 7.35. The Kier molecular flexibility index (Phi) is 3.27. The summed E-state index contributed by atoms with van der Waals surface area (Å²) in [6.45, 7) is 2.18. The van der Waals surface area contributed by atoms with Gasteiger partial charge < -0.3 is 19.7 Å². The summed E-state index contributed by atoms with van der Waals surface area (Å²) in [5.74, 6) is 0.928. The van der Waals surface area contributed by atoms with Crippen molar-refractivity contribution in [1.29, 1.82) is 0 Å². The molecule has 4 atom stereocenters. The van der Waals surface area contributed by atoms with Crippen molar-refractivity contribution in [2.24, 2.45) is 17.3 Å². The summed E-state index contributed by atoms with van der Waals surface area (Å²) < 4.78 is 1.99. The van der Waals surface area contributed by atoms with Crippen LogP contribution in [-0.4, -0.2) is 55.9 Å². The summed E-state index contributed by atoms with van der Waals surface area (Å²) in [7, 11) is 0. The van der Waals surface area contributed by atoms with Crippen LogP contribution in [0.2, 0.25) is 0 Å². The number of aromatic nitrogens is 2. The first-order valence-electron chi connectivity index (χ1n) is 8.19. The number of rotatable bonds is 3. The first kappa shape index (κ1) is 14.2. The van der Waals surface area contributed by atoms with Crippen molar-refractivity contribution in [3.05, 3.63) is 18.7 Å². The van der Waals surface area contributed by atoms with Crippen molar-refractivity contribution < 1.29 is 15.0 Å². The number of hydrogen-bond donors (Lipinski definition) is 2. The Bertz CT molecular complexity index is 537. The molecule has 0 aromatic carbocycles. The van der Waals surface area contributed by atoms with E-state index in [0.29, 0.717) is 31.2 Å². The van der Waals surface area contributed by atoms with Crippen molar-refractivity contribution >= 4 is 5.91 Å². The lowest BCUT2D eigenvalue weighted by molar-refractivity contribution is -0.136. The van der Waals surface area contributed by atoms with Gasteiger partial charge in [0.1, 0.15) is 0 Å². The predicted molar refractivity (Wildman–Crippen MR) is 78.7 cm³/mol. The van der Waals surface area contributed by atoms with Gasteiger partial charge in [-0.25, -0.2) is 4.98 Å². The minimum Gasteiger partial charge on any atom is -0.390 e. The van der Waals surface area contributed by atoms with Crippen molar-refractivity contribution in [2.75, 3.05) is 13.1 Å². The lowest BCUT2D eigenvalue weighted by Gasteiger charge is -2.31. The molecule has 120 valence electrons. The summed E-state index contributed by atoms with van der Waals surface area (Å²) >= 11 is 0. The summed E-state index contributed by atoms with van der Waals surface area (Å²) in [5, 5.41) is 19.7. The lowest BCUT2D eigenvalue weighted by atomic mass is 9.79. The van der Waals surface area contributed by atoms with E-state index in [2.05, 4.69) is 4.98 Å². The molecule has 1 aliphatic heterocycles. The molecule has 0 radical (unpaired) electrons. The largest absolute Gasteiger partial charge is 0.390 e. The Balaban J connectivity index is 1.44. The van der Waals surface area contributed by atoms with E-state index in [1.165, 1.54) is 0 Å². The zero-order valence-electron chi connectivity index (χ0n) is 12.6. The average Bonchev–Trinajstić information content (AvgIpc) is 2.91. The molecule has 6 nitrogen and oxygen atoms in total. The van der Waals surface area contributed by atoms with Crippen LogP contribution in [0, 0.1) is 17.3 Å². The molecule has 4 rings (SSSR count). The van der Waals surface area contributed by atoms with E-state index < -0.39 is 12.2 Å².